The largest absolute Gasteiger partial charge is 0.467 e. The zero-order chi connectivity index (χ0) is 17.7. The summed E-state index contributed by atoms with van der Waals surface area (Å²) in [6.07, 6.45) is -2.20. The number of nitrogens with zero attached hydrogens (tertiary/aromatic N) is 2. The number of alkyl halides is 3. The number of aromatic nitrogens is 2. The van der Waals surface area contributed by atoms with Crippen molar-refractivity contribution >= 4 is 11.9 Å². The van der Waals surface area contributed by atoms with Crippen molar-refractivity contribution in [3.05, 3.63) is 18.0 Å². The van der Waals surface area contributed by atoms with Crippen LogP contribution < -0.4 is 10.1 Å². The van der Waals surface area contributed by atoms with Gasteiger partial charge in [0, 0.05) is 31.8 Å². The number of amides is 1. The summed E-state index contributed by atoms with van der Waals surface area (Å²) >= 11 is 0. The number of piperidine rings is 1. The molecule has 2 unspecified atom stereocenters. The molecule has 2 heterocycles. The fourth-order valence-electron chi connectivity index (χ4n) is 2.33. The summed E-state index contributed by atoms with van der Waals surface area (Å²) in [5.74, 6) is -5.17. The molecule has 10 heteroatoms. The van der Waals surface area contributed by atoms with Crippen LogP contribution in [0.4, 0.5) is 13.2 Å². The topological polar surface area (TPSA) is 90.4 Å². The molecule has 0 radical (unpaired) electrons. The molecule has 2 atom stereocenters. The van der Waals surface area contributed by atoms with Gasteiger partial charge in [0.15, 0.2) is 0 Å². The van der Waals surface area contributed by atoms with Gasteiger partial charge in [0.1, 0.15) is 0 Å². The van der Waals surface area contributed by atoms with E-state index in [9.17, 15) is 22.8 Å². The molecular weight excluding hydrogens is 331 g/mol. The molecule has 1 aliphatic rings. The van der Waals surface area contributed by atoms with E-state index >= 15 is 0 Å². The van der Waals surface area contributed by atoms with Crippen LogP contribution in [0.15, 0.2) is 12.4 Å². The number of carbonyl (C=O) groups excluding carboxylic acids is 2. The molecule has 1 saturated heterocycles. The molecule has 0 aromatic carbocycles. The van der Waals surface area contributed by atoms with Crippen LogP contribution in [0.1, 0.15) is 12.0 Å². The van der Waals surface area contributed by atoms with E-state index in [0.29, 0.717) is 5.56 Å². The lowest BCUT2D eigenvalue weighted by atomic mass is 9.85. The van der Waals surface area contributed by atoms with Crippen molar-refractivity contribution in [2.75, 3.05) is 20.3 Å². The molecule has 1 aliphatic heterocycles. The van der Waals surface area contributed by atoms with Crippen LogP contribution >= 0.6 is 0 Å². The second-order valence-electron chi connectivity index (χ2n) is 5.26. The Morgan fingerprint density at radius 2 is 2.04 bits per heavy atom. The standard InChI is InChI=1S/C14H16F3N3O4/c1-23-13-19-5-8(6-20-13)2-3-24-12(22)9-7-18-11(21)4-10(9)14(15,16)17/h5-6,9-10H,2-4,7H2,1H3,(H,18,21). The van der Waals surface area contributed by atoms with Gasteiger partial charge in [-0.15, -0.1) is 0 Å². The Morgan fingerprint density at radius 1 is 1.38 bits per heavy atom. The van der Waals surface area contributed by atoms with E-state index in [2.05, 4.69) is 15.3 Å². The highest BCUT2D eigenvalue weighted by Gasteiger charge is 2.50. The van der Waals surface area contributed by atoms with Crippen LogP contribution in [0.3, 0.4) is 0 Å². The Morgan fingerprint density at radius 3 is 2.62 bits per heavy atom. The smallest absolute Gasteiger partial charge is 0.393 e. The van der Waals surface area contributed by atoms with Crippen LogP contribution in [-0.4, -0.2) is 48.3 Å². The van der Waals surface area contributed by atoms with Gasteiger partial charge in [-0.2, -0.15) is 13.2 Å². The zero-order valence-corrected chi connectivity index (χ0v) is 12.8. The summed E-state index contributed by atoms with van der Waals surface area (Å²) in [5, 5.41) is 2.26. The van der Waals surface area contributed by atoms with Crippen molar-refractivity contribution in [3.63, 3.8) is 0 Å². The van der Waals surface area contributed by atoms with E-state index in [-0.39, 0.29) is 25.6 Å². The molecule has 2 rings (SSSR count). The third kappa shape index (κ3) is 4.56. The minimum absolute atomic E-state index is 0.108. The van der Waals surface area contributed by atoms with E-state index < -0.39 is 36.3 Å². The van der Waals surface area contributed by atoms with Crippen molar-refractivity contribution in [2.24, 2.45) is 11.8 Å². The molecule has 0 spiro atoms. The lowest BCUT2D eigenvalue weighted by Gasteiger charge is -2.31. The summed E-state index contributed by atoms with van der Waals surface area (Å²) in [6.45, 7) is -0.489. The maximum absolute atomic E-state index is 13.0. The lowest BCUT2D eigenvalue weighted by Crippen LogP contribution is -2.49. The number of hydrogen-bond acceptors (Lipinski definition) is 6. The first kappa shape index (κ1) is 18.0. The summed E-state index contributed by atoms with van der Waals surface area (Å²) in [5.41, 5.74) is 0.646. The van der Waals surface area contributed by atoms with Gasteiger partial charge in [0.25, 0.3) is 0 Å². The maximum atomic E-state index is 13.0. The van der Waals surface area contributed by atoms with E-state index in [4.69, 9.17) is 9.47 Å². The number of ether oxygens (including phenoxy) is 2. The first-order valence-corrected chi connectivity index (χ1v) is 7.16. The van der Waals surface area contributed by atoms with Gasteiger partial charge < -0.3 is 14.8 Å². The molecule has 24 heavy (non-hydrogen) atoms. The fourth-order valence-corrected chi connectivity index (χ4v) is 2.33. The predicted molar refractivity (Wildman–Crippen MR) is 73.9 cm³/mol. The normalized spacial score (nSPS) is 21.1. The highest BCUT2D eigenvalue weighted by Crippen LogP contribution is 2.36. The third-order valence-corrected chi connectivity index (χ3v) is 3.63. The minimum Gasteiger partial charge on any atom is -0.467 e. The Bertz CT molecular complexity index is 592. The second-order valence-corrected chi connectivity index (χ2v) is 5.26. The molecule has 1 amide bonds. The van der Waals surface area contributed by atoms with Crippen LogP contribution in [0.25, 0.3) is 0 Å². The van der Waals surface area contributed by atoms with Crippen molar-refractivity contribution in [2.45, 2.75) is 19.0 Å². The second kappa shape index (κ2) is 7.45. The highest BCUT2D eigenvalue weighted by molar-refractivity contribution is 5.81. The van der Waals surface area contributed by atoms with Gasteiger partial charge in [-0.1, -0.05) is 0 Å². The molecule has 7 nitrogen and oxygen atoms in total. The van der Waals surface area contributed by atoms with Gasteiger partial charge in [0.05, 0.1) is 25.6 Å². The number of hydrogen-bond donors (Lipinski definition) is 1. The molecule has 1 aromatic heterocycles. The maximum Gasteiger partial charge on any atom is 0.393 e. The average molecular weight is 347 g/mol. The number of carbonyl (C=O) groups is 2. The van der Waals surface area contributed by atoms with Crippen molar-refractivity contribution < 1.29 is 32.2 Å². The van der Waals surface area contributed by atoms with E-state index in [0.717, 1.165) is 0 Å². The highest BCUT2D eigenvalue weighted by atomic mass is 19.4. The molecule has 1 aromatic rings. The minimum atomic E-state index is -4.63. The Hall–Kier alpha value is -2.39. The number of rotatable bonds is 5. The molecule has 1 fully saturated rings. The number of methoxy groups -OCH3 is 1. The predicted octanol–water partition coefficient (Wildman–Crippen LogP) is 0.885. The Kier molecular flexibility index (Phi) is 5.58. The van der Waals surface area contributed by atoms with Crippen LogP contribution in [0.5, 0.6) is 6.01 Å². The summed E-state index contributed by atoms with van der Waals surface area (Å²) in [7, 11) is 1.41. The molecule has 0 bridgehead atoms. The molecule has 132 valence electrons. The fraction of sp³-hybridized carbons (Fsp3) is 0.571. The number of esters is 1. The molecular formula is C14H16F3N3O4. The molecule has 0 saturated carbocycles. The first-order chi connectivity index (χ1) is 11.3. The van der Waals surface area contributed by atoms with Crippen LogP contribution in [-0.2, 0) is 20.7 Å². The van der Waals surface area contributed by atoms with Crippen molar-refractivity contribution in [3.8, 4) is 6.01 Å². The summed E-state index contributed by atoms with van der Waals surface area (Å²) in [6, 6.07) is 0.182. The Balaban J connectivity index is 1.89. The van der Waals surface area contributed by atoms with Crippen LogP contribution in [0.2, 0.25) is 0 Å². The lowest BCUT2D eigenvalue weighted by molar-refractivity contribution is -0.204. The zero-order valence-electron chi connectivity index (χ0n) is 12.8. The Labute approximate surface area is 135 Å². The quantitative estimate of drug-likeness (QED) is 0.796. The van der Waals surface area contributed by atoms with Gasteiger partial charge in [0.2, 0.25) is 5.91 Å². The van der Waals surface area contributed by atoms with Gasteiger partial charge in [-0.25, -0.2) is 9.97 Å². The van der Waals surface area contributed by atoms with Gasteiger partial charge >= 0.3 is 18.2 Å². The van der Waals surface area contributed by atoms with Crippen LogP contribution in [0, 0.1) is 11.8 Å². The van der Waals surface area contributed by atoms with E-state index in [1.54, 1.807) is 0 Å². The van der Waals surface area contributed by atoms with Gasteiger partial charge in [-0.05, 0) is 5.56 Å². The average Bonchev–Trinajstić information content (AvgIpc) is 2.54. The number of halogens is 3. The number of nitrogens with one attached hydrogen (secondary N) is 1. The monoisotopic (exact) mass is 347 g/mol. The summed E-state index contributed by atoms with van der Waals surface area (Å²) < 4.78 is 48.6. The van der Waals surface area contributed by atoms with Crippen molar-refractivity contribution in [1.82, 2.24) is 15.3 Å². The molecule has 0 aliphatic carbocycles. The third-order valence-electron chi connectivity index (χ3n) is 3.63. The van der Waals surface area contributed by atoms with Gasteiger partial charge in [-0.3, -0.25) is 9.59 Å². The van der Waals surface area contributed by atoms with Crippen molar-refractivity contribution in [1.29, 1.82) is 0 Å². The van der Waals surface area contributed by atoms with E-state index in [1.165, 1.54) is 19.5 Å². The SMILES string of the molecule is COc1ncc(CCOC(=O)C2CNC(=O)CC2C(F)(F)F)cn1. The first-order valence-electron chi connectivity index (χ1n) is 7.16. The molecule has 1 N–H and O–H groups in total. The van der Waals surface area contributed by atoms with E-state index in [1.807, 2.05) is 0 Å². The summed E-state index contributed by atoms with van der Waals surface area (Å²) in [4.78, 5) is 30.8.